The molecule has 0 amide bonds. The van der Waals surface area contributed by atoms with Crippen LogP contribution < -0.4 is 11.3 Å². The predicted octanol–water partition coefficient (Wildman–Crippen LogP) is 1.20. The third-order valence-electron chi connectivity index (χ3n) is 2.84. The smallest absolute Gasteiger partial charge is 0.274 e. The maximum atomic E-state index is 11.6. The van der Waals surface area contributed by atoms with Crippen LogP contribution in [0.1, 0.15) is 18.9 Å². The molecular weight excluding hydrogens is 216 g/mol. The molecule has 5 heteroatoms. The Morgan fingerprint density at radius 1 is 1.53 bits per heavy atom. The van der Waals surface area contributed by atoms with E-state index in [1.807, 2.05) is 0 Å². The Morgan fingerprint density at radius 2 is 2.27 bits per heavy atom. The van der Waals surface area contributed by atoms with Gasteiger partial charge in [-0.3, -0.25) is 4.79 Å². The summed E-state index contributed by atoms with van der Waals surface area (Å²) in [5, 5.41) is 0. The van der Waals surface area contributed by atoms with Crippen LogP contribution >= 0.6 is 12.4 Å². The molecule has 0 radical (unpaired) electrons. The minimum atomic E-state index is -0.112. The van der Waals surface area contributed by atoms with Crippen molar-refractivity contribution < 1.29 is 4.74 Å². The molecule has 1 unspecified atom stereocenters. The van der Waals surface area contributed by atoms with Gasteiger partial charge in [0.15, 0.2) is 0 Å². The van der Waals surface area contributed by atoms with Crippen molar-refractivity contribution in [3.63, 3.8) is 0 Å². The summed E-state index contributed by atoms with van der Waals surface area (Å²) in [6, 6.07) is 3.58. The van der Waals surface area contributed by atoms with E-state index in [1.54, 1.807) is 30.0 Å². The van der Waals surface area contributed by atoms with Crippen LogP contribution in [-0.4, -0.2) is 17.8 Å². The predicted molar refractivity (Wildman–Crippen MR) is 61.4 cm³/mol. The van der Waals surface area contributed by atoms with E-state index < -0.39 is 0 Å². The summed E-state index contributed by atoms with van der Waals surface area (Å²) in [4.78, 5) is 11.6. The quantitative estimate of drug-likeness (QED) is 0.831. The number of hydrogen-bond donors (Lipinski definition) is 1. The van der Waals surface area contributed by atoms with Gasteiger partial charge in [0, 0.05) is 13.3 Å². The molecule has 1 aromatic heterocycles. The molecule has 1 saturated carbocycles. The van der Waals surface area contributed by atoms with Crippen molar-refractivity contribution in [3.05, 3.63) is 28.7 Å². The highest BCUT2D eigenvalue weighted by atomic mass is 35.5. The van der Waals surface area contributed by atoms with Crippen molar-refractivity contribution in [2.75, 3.05) is 12.8 Å². The first-order chi connectivity index (χ1) is 6.74. The van der Waals surface area contributed by atoms with Gasteiger partial charge < -0.3 is 15.0 Å². The van der Waals surface area contributed by atoms with Gasteiger partial charge in [0.1, 0.15) is 0 Å². The lowest BCUT2D eigenvalue weighted by atomic mass is 9.88. The van der Waals surface area contributed by atoms with Crippen LogP contribution in [-0.2, 0) is 4.74 Å². The highest BCUT2D eigenvalue weighted by molar-refractivity contribution is 5.85. The summed E-state index contributed by atoms with van der Waals surface area (Å²) in [6.07, 6.45) is 3.94. The molecule has 0 aliphatic heterocycles. The number of halogens is 1. The van der Waals surface area contributed by atoms with E-state index in [4.69, 9.17) is 10.5 Å². The fourth-order valence-corrected chi connectivity index (χ4v) is 1.83. The summed E-state index contributed by atoms with van der Waals surface area (Å²) in [7, 11) is 1.67. The molecule has 4 nitrogen and oxygen atoms in total. The molecule has 2 N–H and O–H groups in total. The molecule has 0 spiro atoms. The van der Waals surface area contributed by atoms with E-state index in [0.717, 1.165) is 12.8 Å². The lowest BCUT2D eigenvalue weighted by molar-refractivity contribution is -0.0103. The topological polar surface area (TPSA) is 57.2 Å². The lowest BCUT2D eigenvalue weighted by Gasteiger charge is -2.36. The number of nitrogens with two attached hydrogens (primary N) is 1. The number of ether oxygens (including phenoxy) is 1. The summed E-state index contributed by atoms with van der Waals surface area (Å²) in [5.74, 6) is 0. The van der Waals surface area contributed by atoms with Gasteiger partial charge in [-0.05, 0) is 25.0 Å². The van der Waals surface area contributed by atoms with E-state index in [0.29, 0.717) is 5.69 Å². The van der Waals surface area contributed by atoms with E-state index in [-0.39, 0.29) is 30.1 Å². The normalized spacial score (nSPS) is 24.1. The number of nitrogen functional groups attached to an aromatic ring is 1. The van der Waals surface area contributed by atoms with Gasteiger partial charge in [0.2, 0.25) is 0 Å². The summed E-state index contributed by atoms with van der Waals surface area (Å²) >= 11 is 0. The molecule has 1 aliphatic carbocycles. The average Bonchev–Trinajstić information content (AvgIpc) is 2.12. The molecule has 84 valence electrons. The minimum Gasteiger partial charge on any atom is -0.394 e. The Labute approximate surface area is 94.4 Å². The Morgan fingerprint density at radius 3 is 2.80 bits per heavy atom. The second-order valence-electron chi connectivity index (χ2n) is 3.59. The molecule has 15 heavy (non-hydrogen) atoms. The zero-order valence-electron chi connectivity index (χ0n) is 8.55. The van der Waals surface area contributed by atoms with Crippen LogP contribution in [0.25, 0.3) is 0 Å². The number of anilines is 1. The Balaban J connectivity index is 0.00000112. The van der Waals surface area contributed by atoms with Crippen molar-refractivity contribution in [1.82, 2.24) is 4.57 Å². The van der Waals surface area contributed by atoms with Crippen molar-refractivity contribution in [3.8, 4) is 0 Å². The van der Waals surface area contributed by atoms with Crippen molar-refractivity contribution in [2.45, 2.75) is 25.0 Å². The third kappa shape index (κ3) is 2.01. The highest BCUT2D eigenvalue weighted by Crippen LogP contribution is 2.33. The molecule has 1 fully saturated rings. The van der Waals surface area contributed by atoms with Crippen molar-refractivity contribution >= 4 is 18.1 Å². The number of rotatable bonds is 2. The standard InChI is InChI=1S/C10H14N2O2.ClH/c1-14-9-5-4-8(9)12-6-2-3-7(11)10(12)13;/h2-3,6,8-9H,4-5,11H2,1H3;1H/t8?,9-;/m0./s1. The first kappa shape index (κ1) is 12.1. The zero-order chi connectivity index (χ0) is 10.1. The zero-order valence-corrected chi connectivity index (χ0v) is 9.37. The molecule has 0 saturated heterocycles. The molecule has 0 bridgehead atoms. The summed E-state index contributed by atoms with van der Waals surface area (Å²) in [5.41, 5.74) is 5.74. The first-order valence-corrected chi connectivity index (χ1v) is 4.73. The largest absolute Gasteiger partial charge is 0.394 e. The molecular formula is C10H15ClN2O2. The van der Waals surface area contributed by atoms with E-state index in [9.17, 15) is 4.79 Å². The minimum absolute atomic E-state index is 0. The molecule has 1 heterocycles. The number of hydrogen-bond acceptors (Lipinski definition) is 3. The van der Waals surface area contributed by atoms with Gasteiger partial charge >= 0.3 is 0 Å². The number of pyridine rings is 1. The SMILES string of the molecule is CO[C@H]1CCC1n1cccc(N)c1=O.Cl. The van der Waals surface area contributed by atoms with Crippen LogP contribution in [0.5, 0.6) is 0 Å². The number of methoxy groups -OCH3 is 1. The fraction of sp³-hybridized carbons (Fsp3) is 0.500. The third-order valence-corrected chi connectivity index (χ3v) is 2.84. The second-order valence-corrected chi connectivity index (χ2v) is 3.59. The van der Waals surface area contributed by atoms with Crippen LogP contribution in [0.3, 0.4) is 0 Å². The van der Waals surface area contributed by atoms with E-state index in [2.05, 4.69) is 0 Å². The molecule has 2 rings (SSSR count). The van der Waals surface area contributed by atoms with Crippen LogP contribution in [0.15, 0.2) is 23.1 Å². The van der Waals surface area contributed by atoms with Crippen LogP contribution in [0, 0.1) is 0 Å². The number of aromatic nitrogens is 1. The maximum Gasteiger partial charge on any atom is 0.274 e. The van der Waals surface area contributed by atoms with Crippen molar-refractivity contribution in [1.29, 1.82) is 0 Å². The van der Waals surface area contributed by atoms with Gasteiger partial charge in [0.05, 0.1) is 17.8 Å². The Bertz CT molecular complexity index is 389. The van der Waals surface area contributed by atoms with E-state index >= 15 is 0 Å². The monoisotopic (exact) mass is 230 g/mol. The lowest BCUT2D eigenvalue weighted by Crippen LogP contribution is -2.40. The fourth-order valence-electron chi connectivity index (χ4n) is 1.83. The highest BCUT2D eigenvalue weighted by Gasteiger charge is 2.32. The van der Waals surface area contributed by atoms with Gasteiger partial charge in [0.25, 0.3) is 5.56 Å². The maximum absolute atomic E-state index is 11.6. The van der Waals surface area contributed by atoms with Gasteiger partial charge in [-0.1, -0.05) is 0 Å². The molecule has 1 aromatic rings. The average molecular weight is 231 g/mol. The summed E-state index contributed by atoms with van der Waals surface area (Å²) in [6.45, 7) is 0. The van der Waals surface area contributed by atoms with E-state index in [1.165, 1.54) is 0 Å². The Hall–Kier alpha value is -1.000. The summed E-state index contributed by atoms with van der Waals surface area (Å²) < 4.78 is 6.92. The van der Waals surface area contributed by atoms with Crippen molar-refractivity contribution in [2.24, 2.45) is 0 Å². The van der Waals surface area contributed by atoms with Gasteiger partial charge in [-0.25, -0.2) is 0 Å². The molecule has 0 aromatic carbocycles. The van der Waals surface area contributed by atoms with Gasteiger partial charge in [-0.2, -0.15) is 0 Å². The van der Waals surface area contributed by atoms with Crippen LogP contribution in [0.2, 0.25) is 0 Å². The molecule has 2 atom stereocenters. The molecule has 1 aliphatic rings. The second kappa shape index (κ2) is 4.68. The first-order valence-electron chi connectivity index (χ1n) is 4.73. The van der Waals surface area contributed by atoms with Gasteiger partial charge in [-0.15, -0.1) is 12.4 Å². The Kier molecular flexibility index (Phi) is 3.77. The number of nitrogens with zero attached hydrogens (tertiary/aromatic N) is 1. The van der Waals surface area contributed by atoms with Crippen LogP contribution in [0.4, 0.5) is 5.69 Å².